The van der Waals surface area contributed by atoms with Crippen molar-refractivity contribution in [2.75, 3.05) is 12.8 Å². The zero-order valence-corrected chi connectivity index (χ0v) is 18.4. The highest BCUT2D eigenvalue weighted by Crippen LogP contribution is 2.31. The Balaban J connectivity index is 2.05. The summed E-state index contributed by atoms with van der Waals surface area (Å²) in [6.45, 7) is 2.15. The lowest BCUT2D eigenvalue weighted by molar-refractivity contribution is -0.124. The summed E-state index contributed by atoms with van der Waals surface area (Å²) in [5, 5.41) is 10.2. The Kier molecular flexibility index (Phi) is 9.75. The number of carbonyl (C=O) groups excluding carboxylic acids is 2. The summed E-state index contributed by atoms with van der Waals surface area (Å²) in [5.74, 6) is 0.507. The van der Waals surface area contributed by atoms with Gasteiger partial charge >= 0.3 is 0 Å². The molecule has 1 heterocycles. The Hall–Kier alpha value is -3.15. The number of rotatable bonds is 13. The van der Waals surface area contributed by atoms with Crippen molar-refractivity contribution in [3.05, 3.63) is 53.2 Å². The van der Waals surface area contributed by atoms with E-state index >= 15 is 0 Å². The molecule has 1 aromatic heterocycles. The molecular formula is C25H32N2O4. The highest BCUT2D eigenvalue weighted by atomic mass is 16.5. The molecule has 31 heavy (non-hydrogen) atoms. The van der Waals surface area contributed by atoms with Crippen molar-refractivity contribution in [2.24, 2.45) is 0 Å². The summed E-state index contributed by atoms with van der Waals surface area (Å²) in [6.07, 6.45) is 11.0. The van der Waals surface area contributed by atoms with Gasteiger partial charge < -0.3 is 15.6 Å². The first-order valence-electron chi connectivity index (χ1n) is 10.8. The molecule has 3 N–H and O–H groups in total. The van der Waals surface area contributed by atoms with Crippen LogP contribution in [-0.2, 0) is 16.0 Å². The predicted octanol–water partition coefficient (Wildman–Crippen LogP) is 4.87. The van der Waals surface area contributed by atoms with Gasteiger partial charge in [0.25, 0.3) is 0 Å². The fourth-order valence-electron chi connectivity index (χ4n) is 3.31. The van der Waals surface area contributed by atoms with Crippen molar-refractivity contribution in [1.29, 1.82) is 0 Å². The molecule has 0 unspecified atom stereocenters. The standard InChI is InChI=1S/C25H32N2O4/c1-3-4-5-6-7-8-21(28)16-22(29)11-10-19-15-24(31-2)23(30)14-20(19)13-18-9-12-25(26)27-17-18/h9-12,14-15,17,30H,3-8,13,16H2,1-2H3,(H2,26,27). The number of phenolic OH excluding ortho intramolecular Hbond substituents is 1. The van der Waals surface area contributed by atoms with Gasteiger partial charge in [0.1, 0.15) is 11.6 Å². The van der Waals surface area contributed by atoms with E-state index in [1.807, 2.05) is 6.07 Å². The lowest BCUT2D eigenvalue weighted by Crippen LogP contribution is -2.05. The van der Waals surface area contributed by atoms with Gasteiger partial charge in [0.2, 0.25) is 0 Å². The first kappa shape index (κ1) is 24.1. The maximum absolute atomic E-state index is 12.3. The largest absolute Gasteiger partial charge is 0.504 e. The molecule has 6 nitrogen and oxygen atoms in total. The number of aromatic nitrogens is 1. The number of phenols is 1. The molecule has 0 bridgehead atoms. The fourth-order valence-corrected chi connectivity index (χ4v) is 3.31. The summed E-state index contributed by atoms with van der Waals surface area (Å²) in [4.78, 5) is 28.4. The lowest BCUT2D eigenvalue weighted by atomic mass is 9.98. The van der Waals surface area contributed by atoms with Gasteiger partial charge in [-0.15, -0.1) is 0 Å². The van der Waals surface area contributed by atoms with E-state index in [0.717, 1.165) is 42.4 Å². The molecule has 0 atom stereocenters. The topological polar surface area (TPSA) is 103 Å². The molecule has 2 rings (SSSR count). The highest BCUT2D eigenvalue weighted by molar-refractivity contribution is 6.06. The smallest absolute Gasteiger partial charge is 0.163 e. The summed E-state index contributed by atoms with van der Waals surface area (Å²) in [5.41, 5.74) is 8.09. The quantitative estimate of drug-likeness (QED) is 0.270. The molecule has 0 aliphatic rings. The van der Waals surface area contributed by atoms with E-state index in [1.165, 1.54) is 19.6 Å². The molecule has 2 aromatic rings. The molecule has 0 radical (unpaired) electrons. The second kappa shape index (κ2) is 12.5. The average Bonchev–Trinajstić information content (AvgIpc) is 2.74. The third kappa shape index (κ3) is 8.24. The van der Waals surface area contributed by atoms with Gasteiger partial charge in [0, 0.05) is 12.6 Å². The van der Waals surface area contributed by atoms with Gasteiger partial charge in [-0.3, -0.25) is 9.59 Å². The maximum Gasteiger partial charge on any atom is 0.163 e. The van der Waals surface area contributed by atoms with E-state index in [9.17, 15) is 14.7 Å². The number of pyridine rings is 1. The Bertz CT molecular complexity index is 904. The number of allylic oxidation sites excluding steroid dienone is 1. The van der Waals surface area contributed by atoms with E-state index in [0.29, 0.717) is 24.4 Å². The van der Waals surface area contributed by atoms with Crippen molar-refractivity contribution in [2.45, 2.75) is 58.3 Å². The summed E-state index contributed by atoms with van der Waals surface area (Å²) in [6, 6.07) is 6.86. The SMILES string of the molecule is CCCCCCCC(=O)CC(=O)C=Cc1cc(OC)c(O)cc1Cc1ccc(N)nc1. The van der Waals surface area contributed by atoms with Gasteiger partial charge in [0.05, 0.1) is 13.5 Å². The average molecular weight is 425 g/mol. The van der Waals surface area contributed by atoms with Crippen LogP contribution in [0.1, 0.15) is 68.6 Å². The number of aromatic hydroxyl groups is 1. The molecule has 0 saturated carbocycles. The van der Waals surface area contributed by atoms with Crippen molar-refractivity contribution in [1.82, 2.24) is 4.98 Å². The van der Waals surface area contributed by atoms with Crippen LogP contribution in [0, 0.1) is 0 Å². The number of unbranched alkanes of at least 4 members (excludes halogenated alkanes) is 4. The number of methoxy groups -OCH3 is 1. The minimum Gasteiger partial charge on any atom is -0.504 e. The first-order chi connectivity index (χ1) is 14.9. The van der Waals surface area contributed by atoms with E-state index in [1.54, 1.807) is 30.5 Å². The molecule has 166 valence electrons. The van der Waals surface area contributed by atoms with E-state index in [-0.39, 0.29) is 23.7 Å². The number of ketones is 2. The highest BCUT2D eigenvalue weighted by Gasteiger charge is 2.11. The number of anilines is 1. The Morgan fingerprint density at radius 2 is 1.94 bits per heavy atom. The van der Waals surface area contributed by atoms with Crippen LogP contribution in [0.25, 0.3) is 6.08 Å². The zero-order valence-electron chi connectivity index (χ0n) is 18.4. The van der Waals surface area contributed by atoms with Gasteiger partial charge in [-0.05, 0) is 53.8 Å². The molecular weight excluding hydrogens is 392 g/mol. The van der Waals surface area contributed by atoms with Gasteiger partial charge in [0.15, 0.2) is 17.3 Å². The second-order valence-electron chi connectivity index (χ2n) is 7.67. The number of nitrogens with two attached hydrogens (primary N) is 1. The van der Waals surface area contributed by atoms with Crippen LogP contribution in [0.2, 0.25) is 0 Å². The number of nitrogen functional groups attached to an aromatic ring is 1. The van der Waals surface area contributed by atoms with Crippen LogP contribution >= 0.6 is 0 Å². The number of ether oxygens (including phenoxy) is 1. The normalized spacial score (nSPS) is 11.0. The molecule has 0 spiro atoms. The molecule has 0 aliphatic carbocycles. The number of hydrogen-bond acceptors (Lipinski definition) is 6. The van der Waals surface area contributed by atoms with E-state index in [2.05, 4.69) is 11.9 Å². The molecule has 0 saturated heterocycles. The van der Waals surface area contributed by atoms with E-state index in [4.69, 9.17) is 10.5 Å². The number of carbonyl (C=O) groups is 2. The Morgan fingerprint density at radius 3 is 2.61 bits per heavy atom. The van der Waals surface area contributed by atoms with Crippen molar-refractivity contribution >= 4 is 23.5 Å². The second-order valence-corrected chi connectivity index (χ2v) is 7.67. The van der Waals surface area contributed by atoms with Crippen LogP contribution in [0.4, 0.5) is 5.82 Å². The molecule has 0 amide bonds. The van der Waals surface area contributed by atoms with Crippen molar-refractivity contribution < 1.29 is 19.4 Å². The Labute approximate surface area is 184 Å². The summed E-state index contributed by atoms with van der Waals surface area (Å²) < 4.78 is 5.20. The third-order valence-electron chi connectivity index (χ3n) is 5.06. The van der Waals surface area contributed by atoms with Crippen LogP contribution < -0.4 is 10.5 Å². The minimum absolute atomic E-state index is 0.0163. The molecule has 0 aliphatic heterocycles. The monoisotopic (exact) mass is 424 g/mol. The van der Waals surface area contributed by atoms with Crippen molar-refractivity contribution in [3.63, 3.8) is 0 Å². The number of nitrogens with zero attached hydrogens (tertiary/aromatic N) is 1. The summed E-state index contributed by atoms with van der Waals surface area (Å²) in [7, 11) is 1.47. The van der Waals surface area contributed by atoms with Gasteiger partial charge in [-0.2, -0.15) is 0 Å². The number of hydrogen-bond donors (Lipinski definition) is 2. The fraction of sp³-hybridized carbons (Fsp3) is 0.400. The zero-order chi connectivity index (χ0) is 22.6. The van der Waals surface area contributed by atoms with Crippen LogP contribution in [0.3, 0.4) is 0 Å². The number of benzene rings is 1. The molecule has 6 heteroatoms. The van der Waals surface area contributed by atoms with E-state index < -0.39 is 0 Å². The first-order valence-corrected chi connectivity index (χ1v) is 10.8. The maximum atomic E-state index is 12.3. The molecule has 1 aromatic carbocycles. The van der Waals surface area contributed by atoms with Crippen LogP contribution in [-0.4, -0.2) is 28.8 Å². The van der Waals surface area contributed by atoms with Crippen molar-refractivity contribution in [3.8, 4) is 11.5 Å². The third-order valence-corrected chi connectivity index (χ3v) is 5.06. The molecule has 0 fully saturated rings. The van der Waals surface area contributed by atoms with Gasteiger partial charge in [-0.25, -0.2) is 4.98 Å². The summed E-state index contributed by atoms with van der Waals surface area (Å²) >= 11 is 0. The van der Waals surface area contributed by atoms with Gasteiger partial charge in [-0.1, -0.05) is 44.7 Å². The number of Topliss-reactive ketones (excluding diaryl/α,β-unsaturated/α-hetero) is 1. The lowest BCUT2D eigenvalue weighted by Gasteiger charge is -2.11. The predicted molar refractivity (Wildman–Crippen MR) is 123 cm³/mol. The minimum atomic E-state index is -0.231. The Morgan fingerprint density at radius 1 is 1.16 bits per heavy atom. The van der Waals surface area contributed by atoms with Crippen LogP contribution in [0.15, 0.2) is 36.5 Å². The van der Waals surface area contributed by atoms with Crippen LogP contribution in [0.5, 0.6) is 11.5 Å².